The zero-order valence-electron chi connectivity index (χ0n) is 19.7. The molecule has 34 heavy (non-hydrogen) atoms. The molecule has 2 aromatic carbocycles. The van der Waals surface area contributed by atoms with Crippen molar-refractivity contribution in [3.05, 3.63) is 59.2 Å². The maximum atomic E-state index is 13.1. The van der Waals surface area contributed by atoms with Crippen molar-refractivity contribution in [3.8, 4) is 11.8 Å². The van der Waals surface area contributed by atoms with E-state index in [4.69, 9.17) is 10.00 Å². The van der Waals surface area contributed by atoms with Crippen molar-refractivity contribution < 1.29 is 14.3 Å². The molecular formula is C28H31N3O3. The molecule has 6 heteroatoms. The number of Topliss-reactive ketones (excluding diaryl/α,β-unsaturated/α-hetero) is 1. The molecule has 3 saturated carbocycles. The fourth-order valence-corrected chi connectivity index (χ4v) is 5.72. The molecule has 6 rings (SSSR count). The molecule has 0 aromatic heterocycles. The Bertz CT molecular complexity index is 1110. The van der Waals surface area contributed by atoms with Crippen LogP contribution in [0.25, 0.3) is 0 Å². The molecule has 4 fully saturated rings. The van der Waals surface area contributed by atoms with Gasteiger partial charge in [0.25, 0.3) is 5.91 Å². The number of piperidine rings is 1. The fourth-order valence-electron chi connectivity index (χ4n) is 5.72. The summed E-state index contributed by atoms with van der Waals surface area (Å²) in [7, 11) is 0. The highest BCUT2D eigenvalue weighted by Gasteiger charge is 2.50. The third kappa shape index (κ3) is 4.40. The van der Waals surface area contributed by atoms with Crippen LogP contribution in [0, 0.1) is 18.3 Å². The van der Waals surface area contributed by atoms with Crippen LogP contribution in [0.3, 0.4) is 0 Å². The summed E-state index contributed by atoms with van der Waals surface area (Å²) < 4.78 is 6.47. The van der Waals surface area contributed by atoms with Crippen LogP contribution in [-0.4, -0.2) is 35.9 Å². The minimum absolute atomic E-state index is 0.0154. The van der Waals surface area contributed by atoms with Crippen molar-refractivity contribution >= 4 is 17.4 Å². The van der Waals surface area contributed by atoms with E-state index < -0.39 is 0 Å². The van der Waals surface area contributed by atoms with Gasteiger partial charge >= 0.3 is 0 Å². The Morgan fingerprint density at radius 3 is 2.24 bits per heavy atom. The van der Waals surface area contributed by atoms with Crippen molar-refractivity contribution in [1.82, 2.24) is 5.32 Å². The first kappa shape index (κ1) is 22.5. The second-order valence-electron chi connectivity index (χ2n) is 10.2. The highest BCUT2D eigenvalue weighted by atomic mass is 16.5. The standard InChI is InChI=1S/C28H31N3O3/c1-20-18-25(7-4-22(20)19-29)34-28-13-10-27(11-14-28,12-15-28)30-26(33)21-2-5-23(6-3-21)31-16-8-24(32)9-17-31/h2-7,18H,8-17H2,1H3,(H,30,33). The van der Waals surface area contributed by atoms with Crippen molar-refractivity contribution in [2.24, 2.45) is 0 Å². The lowest BCUT2D eigenvalue weighted by atomic mass is 9.63. The Morgan fingerprint density at radius 2 is 1.65 bits per heavy atom. The van der Waals surface area contributed by atoms with E-state index in [1.165, 1.54) is 0 Å². The average molecular weight is 458 g/mol. The zero-order chi connectivity index (χ0) is 23.8. The van der Waals surface area contributed by atoms with E-state index >= 15 is 0 Å². The van der Waals surface area contributed by atoms with Gasteiger partial charge in [0.15, 0.2) is 0 Å². The van der Waals surface area contributed by atoms with E-state index in [1.54, 1.807) is 0 Å². The number of nitrogens with one attached hydrogen (secondary N) is 1. The number of anilines is 1. The molecule has 1 N–H and O–H groups in total. The van der Waals surface area contributed by atoms with E-state index in [-0.39, 0.29) is 17.0 Å². The van der Waals surface area contributed by atoms with Gasteiger partial charge in [-0.3, -0.25) is 9.59 Å². The van der Waals surface area contributed by atoms with E-state index in [2.05, 4.69) is 16.3 Å². The quantitative estimate of drug-likeness (QED) is 0.704. The average Bonchev–Trinajstić information content (AvgIpc) is 2.86. The zero-order valence-corrected chi connectivity index (χ0v) is 19.7. The summed E-state index contributed by atoms with van der Waals surface area (Å²) in [6, 6.07) is 15.6. The number of fused-ring (bicyclic) bond motifs is 3. The third-order valence-corrected chi connectivity index (χ3v) is 8.02. The van der Waals surface area contributed by atoms with Crippen LogP contribution in [0.4, 0.5) is 5.69 Å². The van der Waals surface area contributed by atoms with E-state index in [0.29, 0.717) is 29.8 Å². The molecule has 2 aromatic rings. The van der Waals surface area contributed by atoms with Crippen molar-refractivity contribution in [2.45, 2.75) is 69.4 Å². The Hall–Kier alpha value is -3.33. The lowest BCUT2D eigenvalue weighted by Crippen LogP contribution is -2.60. The number of carbonyl (C=O) groups is 2. The number of benzene rings is 2. The van der Waals surface area contributed by atoms with Crippen LogP contribution in [0.1, 0.15) is 72.9 Å². The number of ether oxygens (including phenoxy) is 1. The van der Waals surface area contributed by atoms with Gasteiger partial charge in [0.2, 0.25) is 0 Å². The summed E-state index contributed by atoms with van der Waals surface area (Å²) in [4.78, 5) is 26.8. The van der Waals surface area contributed by atoms with Gasteiger partial charge in [-0.25, -0.2) is 0 Å². The first-order valence-corrected chi connectivity index (χ1v) is 12.3. The van der Waals surface area contributed by atoms with Gasteiger partial charge in [-0.05, 0) is 93.5 Å². The first-order chi connectivity index (χ1) is 16.4. The second kappa shape index (κ2) is 8.79. The smallest absolute Gasteiger partial charge is 0.251 e. The minimum atomic E-state index is -0.176. The molecule has 176 valence electrons. The molecule has 0 unspecified atom stereocenters. The van der Waals surface area contributed by atoms with Crippen LogP contribution in [-0.2, 0) is 4.79 Å². The number of hydrogen-bond acceptors (Lipinski definition) is 5. The van der Waals surface area contributed by atoms with Gasteiger partial charge in [-0.15, -0.1) is 0 Å². The number of aryl methyl sites for hydroxylation is 1. The summed E-state index contributed by atoms with van der Waals surface area (Å²) in [6.07, 6.45) is 6.67. The SMILES string of the molecule is Cc1cc(OC23CCC(NC(=O)c4ccc(N5CCC(=O)CC5)cc4)(CC2)CC3)ccc1C#N. The van der Waals surface area contributed by atoms with Crippen molar-refractivity contribution in [3.63, 3.8) is 0 Å². The summed E-state index contributed by atoms with van der Waals surface area (Å²) in [5, 5.41) is 12.5. The van der Waals surface area contributed by atoms with Crippen molar-refractivity contribution in [2.75, 3.05) is 18.0 Å². The highest BCUT2D eigenvalue weighted by molar-refractivity contribution is 5.95. The van der Waals surface area contributed by atoms with Gasteiger partial charge in [0.1, 0.15) is 17.1 Å². The first-order valence-electron chi connectivity index (χ1n) is 12.3. The Kier molecular flexibility index (Phi) is 5.81. The van der Waals surface area contributed by atoms with E-state index in [1.807, 2.05) is 49.4 Å². The summed E-state index contributed by atoms with van der Waals surface area (Å²) in [6.45, 7) is 3.43. The number of amides is 1. The molecule has 1 heterocycles. The molecule has 0 atom stereocenters. The van der Waals surface area contributed by atoms with Crippen LogP contribution in [0.5, 0.6) is 5.75 Å². The number of rotatable bonds is 5. The number of nitriles is 1. The Labute approximate surface area is 200 Å². The number of hydrogen-bond donors (Lipinski definition) is 1. The predicted molar refractivity (Wildman–Crippen MR) is 130 cm³/mol. The largest absolute Gasteiger partial charge is 0.487 e. The van der Waals surface area contributed by atoms with Crippen LogP contribution in [0.2, 0.25) is 0 Å². The molecule has 1 saturated heterocycles. The monoisotopic (exact) mass is 457 g/mol. The number of nitrogens with zero attached hydrogens (tertiary/aromatic N) is 2. The topological polar surface area (TPSA) is 82.4 Å². The van der Waals surface area contributed by atoms with Gasteiger partial charge in [-0.1, -0.05) is 0 Å². The molecule has 1 aliphatic heterocycles. The lowest BCUT2D eigenvalue weighted by Gasteiger charge is -2.53. The maximum Gasteiger partial charge on any atom is 0.251 e. The number of carbonyl (C=O) groups excluding carboxylic acids is 2. The molecule has 1 amide bonds. The second-order valence-corrected chi connectivity index (χ2v) is 10.2. The molecule has 2 bridgehead atoms. The lowest BCUT2D eigenvalue weighted by molar-refractivity contribution is -0.119. The molecule has 3 aliphatic carbocycles. The third-order valence-electron chi connectivity index (χ3n) is 8.02. The molecule has 6 nitrogen and oxygen atoms in total. The van der Waals surface area contributed by atoms with E-state index in [9.17, 15) is 9.59 Å². The van der Waals surface area contributed by atoms with Crippen molar-refractivity contribution in [1.29, 1.82) is 5.26 Å². The van der Waals surface area contributed by atoms with Crippen LogP contribution in [0.15, 0.2) is 42.5 Å². The van der Waals surface area contributed by atoms with Gasteiger partial charge in [0, 0.05) is 42.7 Å². The minimum Gasteiger partial charge on any atom is -0.487 e. The Morgan fingerprint density at radius 1 is 1.00 bits per heavy atom. The number of ketones is 1. The predicted octanol–water partition coefficient (Wildman–Crippen LogP) is 4.69. The molecule has 4 aliphatic rings. The van der Waals surface area contributed by atoms with Gasteiger partial charge in [-0.2, -0.15) is 5.26 Å². The summed E-state index contributed by atoms with van der Waals surface area (Å²) >= 11 is 0. The van der Waals surface area contributed by atoms with Gasteiger partial charge in [0.05, 0.1) is 11.6 Å². The fraction of sp³-hybridized carbons (Fsp3) is 0.464. The summed E-state index contributed by atoms with van der Waals surface area (Å²) in [5.41, 5.74) is 3.02. The van der Waals surface area contributed by atoms with Gasteiger partial charge < -0.3 is 15.0 Å². The van der Waals surface area contributed by atoms with Crippen LogP contribution >= 0.6 is 0 Å². The normalized spacial score (nSPS) is 26.1. The molecule has 0 radical (unpaired) electrons. The molecular weight excluding hydrogens is 426 g/mol. The maximum absolute atomic E-state index is 13.1. The Balaban J connectivity index is 1.19. The van der Waals surface area contributed by atoms with Crippen LogP contribution < -0.4 is 15.0 Å². The highest BCUT2D eigenvalue weighted by Crippen LogP contribution is 2.49. The summed E-state index contributed by atoms with van der Waals surface area (Å²) in [5.74, 6) is 1.14. The van der Waals surface area contributed by atoms with E-state index in [0.717, 1.165) is 68.6 Å². The molecule has 0 spiro atoms.